The average molecular weight is 499 g/mol. The Morgan fingerprint density at radius 2 is 1.68 bits per heavy atom. The number of carbonyl (C=O) groups is 2. The Balaban J connectivity index is 2.44. The van der Waals surface area contributed by atoms with Crippen LogP contribution < -0.4 is 0 Å². The maximum atomic E-state index is 13.4. The van der Waals surface area contributed by atoms with Crippen LogP contribution in [0.1, 0.15) is 26.4 Å². The number of ether oxygens (including phenoxy) is 2. The summed E-state index contributed by atoms with van der Waals surface area (Å²) in [5, 5.41) is 14.6. The fourth-order valence-electron chi connectivity index (χ4n) is 2.89. The van der Waals surface area contributed by atoms with Gasteiger partial charge in [0.1, 0.15) is 17.0 Å². The number of halogens is 4. The second-order valence-electron chi connectivity index (χ2n) is 6.15. The number of benzene rings is 2. The highest BCUT2D eigenvalue weighted by Gasteiger charge is 2.36. The van der Waals surface area contributed by atoms with Crippen LogP contribution in [0.3, 0.4) is 0 Å². The second kappa shape index (κ2) is 8.42. The first kappa shape index (κ1) is 22.3. The van der Waals surface area contributed by atoms with Crippen LogP contribution in [0, 0.1) is 0 Å². The van der Waals surface area contributed by atoms with E-state index in [9.17, 15) is 27.9 Å². The lowest BCUT2D eigenvalue weighted by Gasteiger charge is -2.12. The third-order valence-electron chi connectivity index (χ3n) is 4.30. The number of phenols is 1. The zero-order valence-electron chi connectivity index (χ0n) is 16.0. The lowest BCUT2D eigenvalue weighted by molar-refractivity contribution is -0.137. The van der Waals surface area contributed by atoms with Crippen LogP contribution in [0.4, 0.5) is 13.2 Å². The minimum Gasteiger partial charge on any atom is -0.506 e. The minimum atomic E-state index is -4.75. The van der Waals surface area contributed by atoms with Crippen molar-refractivity contribution >= 4 is 27.9 Å². The molecule has 0 saturated carbocycles. The van der Waals surface area contributed by atoms with E-state index in [1.54, 1.807) is 30.3 Å². The molecule has 0 aliphatic carbocycles. The summed E-state index contributed by atoms with van der Waals surface area (Å²) in [6.45, 7) is 0. The number of hydrogen-bond acceptors (Lipinski definition) is 6. The Labute approximate surface area is 182 Å². The van der Waals surface area contributed by atoms with Crippen molar-refractivity contribution in [3.8, 4) is 22.7 Å². The van der Waals surface area contributed by atoms with Gasteiger partial charge in [0.15, 0.2) is 5.69 Å². The van der Waals surface area contributed by atoms with Gasteiger partial charge in [-0.3, -0.25) is 0 Å². The summed E-state index contributed by atoms with van der Waals surface area (Å²) in [7, 11) is 2.11. The number of hydrogen-bond donors (Lipinski definition) is 1. The summed E-state index contributed by atoms with van der Waals surface area (Å²) in [4.78, 5) is 25.1. The largest absolute Gasteiger partial charge is 0.506 e. The molecular weight excluding hydrogens is 485 g/mol. The number of rotatable bonds is 4. The van der Waals surface area contributed by atoms with Crippen LogP contribution in [-0.2, 0) is 15.7 Å². The van der Waals surface area contributed by atoms with Crippen LogP contribution in [-0.4, -0.2) is 41.0 Å². The molecule has 31 heavy (non-hydrogen) atoms. The quantitative estimate of drug-likeness (QED) is 0.528. The topological polar surface area (TPSA) is 90.6 Å². The fraction of sp³-hybridized carbons (Fsp3) is 0.150. The van der Waals surface area contributed by atoms with E-state index in [-0.39, 0.29) is 15.9 Å². The van der Waals surface area contributed by atoms with E-state index in [1.165, 1.54) is 0 Å². The number of aromatic nitrogens is 2. The van der Waals surface area contributed by atoms with Gasteiger partial charge in [-0.1, -0.05) is 18.2 Å². The normalized spacial score (nSPS) is 11.3. The standard InChI is InChI=1S/C20H14BrF3N2O5/c1-30-18(28)14-15(12-8-10(20(22,23)24)9-13(21)17(12)27)25-26(16(14)19(29)31-2)11-6-4-3-5-7-11/h3-9,27H,1-2H3. The van der Waals surface area contributed by atoms with E-state index >= 15 is 0 Å². The van der Waals surface area contributed by atoms with Gasteiger partial charge in [0, 0.05) is 5.56 Å². The van der Waals surface area contributed by atoms with E-state index in [1.807, 2.05) is 0 Å². The zero-order valence-corrected chi connectivity index (χ0v) is 17.6. The molecule has 0 spiro atoms. The Kier molecular flexibility index (Phi) is 6.07. The summed E-state index contributed by atoms with van der Waals surface area (Å²) < 4.78 is 50.3. The Morgan fingerprint density at radius 3 is 2.23 bits per heavy atom. The van der Waals surface area contributed by atoms with E-state index in [2.05, 4.69) is 21.0 Å². The minimum absolute atomic E-state index is 0.276. The molecule has 1 N–H and O–H groups in total. The third-order valence-corrected chi connectivity index (χ3v) is 4.90. The molecule has 0 radical (unpaired) electrons. The van der Waals surface area contributed by atoms with Crippen molar-refractivity contribution in [2.24, 2.45) is 0 Å². The second-order valence-corrected chi connectivity index (χ2v) is 7.01. The van der Waals surface area contributed by atoms with Crippen molar-refractivity contribution in [3.05, 3.63) is 63.8 Å². The van der Waals surface area contributed by atoms with Crippen LogP contribution in [0.5, 0.6) is 5.75 Å². The Hall–Kier alpha value is -3.34. The van der Waals surface area contributed by atoms with E-state index in [4.69, 9.17) is 9.47 Å². The van der Waals surface area contributed by atoms with Crippen molar-refractivity contribution in [2.75, 3.05) is 14.2 Å². The molecule has 0 unspecified atom stereocenters. The molecule has 0 aliphatic heterocycles. The first-order chi connectivity index (χ1) is 14.6. The molecule has 0 fully saturated rings. The van der Waals surface area contributed by atoms with Gasteiger partial charge in [-0.05, 0) is 40.2 Å². The molecule has 162 valence electrons. The van der Waals surface area contributed by atoms with Gasteiger partial charge in [0.2, 0.25) is 0 Å². The molecule has 11 heteroatoms. The predicted molar refractivity (Wildman–Crippen MR) is 106 cm³/mol. The molecule has 3 aromatic rings. The predicted octanol–water partition coefficient (Wildman–Crippen LogP) is 4.60. The molecule has 0 atom stereocenters. The summed E-state index contributed by atoms with van der Waals surface area (Å²) in [6, 6.07) is 9.40. The number of aromatic hydroxyl groups is 1. The first-order valence-electron chi connectivity index (χ1n) is 8.55. The molecule has 0 saturated heterocycles. The SMILES string of the molecule is COC(=O)c1c(-c2cc(C(F)(F)F)cc(Br)c2O)nn(-c2ccccc2)c1C(=O)OC. The van der Waals surface area contributed by atoms with E-state index in [0.29, 0.717) is 17.8 Å². The number of phenolic OH excluding ortho intramolecular Hbond substituents is 1. The summed E-state index contributed by atoms with van der Waals surface area (Å²) in [6.07, 6.45) is -4.75. The highest BCUT2D eigenvalue weighted by atomic mass is 79.9. The summed E-state index contributed by atoms with van der Waals surface area (Å²) in [5.74, 6) is -2.63. The van der Waals surface area contributed by atoms with Crippen molar-refractivity contribution in [1.29, 1.82) is 0 Å². The lowest BCUT2D eigenvalue weighted by atomic mass is 10.0. The monoisotopic (exact) mass is 498 g/mol. The van der Waals surface area contributed by atoms with Gasteiger partial charge in [-0.15, -0.1) is 0 Å². The van der Waals surface area contributed by atoms with Gasteiger partial charge in [0.05, 0.1) is 29.9 Å². The zero-order chi connectivity index (χ0) is 22.9. The molecule has 0 aliphatic rings. The van der Waals surface area contributed by atoms with Gasteiger partial charge in [-0.2, -0.15) is 18.3 Å². The number of alkyl halides is 3. The van der Waals surface area contributed by atoms with Crippen molar-refractivity contribution in [1.82, 2.24) is 9.78 Å². The highest BCUT2D eigenvalue weighted by molar-refractivity contribution is 9.10. The van der Waals surface area contributed by atoms with Crippen molar-refractivity contribution in [2.45, 2.75) is 6.18 Å². The highest BCUT2D eigenvalue weighted by Crippen LogP contribution is 2.43. The smallest absolute Gasteiger partial charge is 0.416 e. The Bertz CT molecular complexity index is 1160. The van der Waals surface area contributed by atoms with Crippen LogP contribution in [0.2, 0.25) is 0 Å². The molecule has 0 bridgehead atoms. The molecule has 1 heterocycles. The fourth-order valence-corrected chi connectivity index (χ4v) is 3.35. The molecule has 2 aromatic carbocycles. The number of nitrogens with zero attached hydrogens (tertiary/aromatic N) is 2. The van der Waals surface area contributed by atoms with E-state index in [0.717, 1.165) is 18.9 Å². The molecule has 1 aromatic heterocycles. The van der Waals surface area contributed by atoms with Crippen molar-refractivity contribution in [3.63, 3.8) is 0 Å². The van der Waals surface area contributed by atoms with Gasteiger partial charge in [-0.25, -0.2) is 14.3 Å². The Morgan fingerprint density at radius 1 is 1.06 bits per heavy atom. The third kappa shape index (κ3) is 4.13. The van der Waals surface area contributed by atoms with Crippen LogP contribution >= 0.6 is 15.9 Å². The average Bonchev–Trinajstić information content (AvgIpc) is 3.14. The van der Waals surface area contributed by atoms with E-state index < -0.39 is 40.6 Å². The first-order valence-corrected chi connectivity index (χ1v) is 9.34. The molecule has 3 rings (SSSR count). The van der Waals surface area contributed by atoms with Crippen molar-refractivity contribution < 1.29 is 37.3 Å². The molecule has 7 nitrogen and oxygen atoms in total. The molecular formula is C20H14BrF3N2O5. The van der Waals surface area contributed by atoms with Gasteiger partial charge >= 0.3 is 18.1 Å². The lowest BCUT2D eigenvalue weighted by Crippen LogP contribution is -2.15. The maximum absolute atomic E-state index is 13.4. The van der Waals surface area contributed by atoms with Gasteiger partial charge < -0.3 is 14.6 Å². The van der Waals surface area contributed by atoms with Gasteiger partial charge in [0.25, 0.3) is 0 Å². The number of methoxy groups -OCH3 is 2. The maximum Gasteiger partial charge on any atom is 0.416 e. The van der Waals surface area contributed by atoms with Crippen LogP contribution in [0.15, 0.2) is 46.9 Å². The number of para-hydroxylation sites is 1. The number of esters is 2. The summed E-state index contributed by atoms with van der Waals surface area (Å²) >= 11 is 2.89. The molecule has 0 amide bonds. The van der Waals surface area contributed by atoms with Crippen LogP contribution in [0.25, 0.3) is 16.9 Å². The summed E-state index contributed by atoms with van der Waals surface area (Å²) in [5.41, 5.74) is -2.42. The number of carbonyl (C=O) groups excluding carboxylic acids is 2.